The summed E-state index contributed by atoms with van der Waals surface area (Å²) < 4.78 is 32.4. The molecule has 2 aromatic carbocycles. The molecule has 0 saturated carbocycles. The van der Waals surface area contributed by atoms with Crippen molar-refractivity contribution >= 4 is 51.3 Å². The quantitative estimate of drug-likeness (QED) is 0.189. The van der Waals surface area contributed by atoms with Gasteiger partial charge < -0.3 is 48.4 Å². The number of likely N-dealkylation sites (tertiary alicyclic amines) is 2. The number of hydrogen-bond acceptors (Lipinski definition) is 12. The number of fused-ring (bicyclic) bond motifs is 2. The molecule has 6 heterocycles. The van der Waals surface area contributed by atoms with Gasteiger partial charge in [0.1, 0.15) is 11.2 Å². The summed E-state index contributed by atoms with van der Waals surface area (Å²) in [6.45, 7) is 19.2. The van der Waals surface area contributed by atoms with E-state index in [-0.39, 0.29) is 12.2 Å². The lowest BCUT2D eigenvalue weighted by Gasteiger charge is -2.41. The van der Waals surface area contributed by atoms with E-state index in [9.17, 15) is 9.59 Å². The summed E-state index contributed by atoms with van der Waals surface area (Å²) in [4.78, 5) is 39.8. The third-order valence-corrected chi connectivity index (χ3v) is 13.6. The molecule has 4 aliphatic rings. The van der Waals surface area contributed by atoms with Gasteiger partial charge in [-0.1, -0.05) is 11.6 Å². The second-order valence-corrected chi connectivity index (χ2v) is 20.5. The molecular formula is C52H75ClN6O8. The van der Waals surface area contributed by atoms with Crippen molar-refractivity contribution in [2.75, 3.05) is 85.7 Å². The number of nitrogens with one attached hydrogen (secondary N) is 1. The largest absolute Gasteiger partial charge is 0.493 e. The molecule has 4 aromatic rings. The predicted molar refractivity (Wildman–Crippen MR) is 266 cm³/mol. The maximum atomic E-state index is 12.6. The Labute approximate surface area is 403 Å². The molecule has 368 valence electrons. The fourth-order valence-corrected chi connectivity index (χ4v) is 10.1. The van der Waals surface area contributed by atoms with Crippen LogP contribution in [0, 0.1) is 23.7 Å². The van der Waals surface area contributed by atoms with Crippen LogP contribution in [0.3, 0.4) is 0 Å². The minimum atomic E-state index is -0.449. The Bertz CT molecular complexity index is 2250. The van der Waals surface area contributed by atoms with Gasteiger partial charge in [0.15, 0.2) is 23.0 Å². The van der Waals surface area contributed by atoms with Crippen molar-refractivity contribution in [3.63, 3.8) is 0 Å². The summed E-state index contributed by atoms with van der Waals surface area (Å²) in [5.74, 6) is 5.36. The maximum absolute atomic E-state index is 12.6. The molecule has 2 aromatic heterocycles. The molecule has 67 heavy (non-hydrogen) atoms. The van der Waals surface area contributed by atoms with Gasteiger partial charge in [-0.3, -0.25) is 9.97 Å². The average molecular weight is 948 g/mol. The molecule has 2 unspecified atom stereocenters. The van der Waals surface area contributed by atoms with Gasteiger partial charge >= 0.3 is 12.2 Å². The van der Waals surface area contributed by atoms with Gasteiger partial charge in [-0.25, -0.2) is 9.59 Å². The van der Waals surface area contributed by atoms with Gasteiger partial charge in [-0.2, -0.15) is 0 Å². The van der Waals surface area contributed by atoms with Crippen LogP contribution in [0.25, 0.3) is 21.8 Å². The van der Waals surface area contributed by atoms with Crippen LogP contribution in [0.15, 0.2) is 48.8 Å². The number of hydrogen-bond donors (Lipinski definition) is 1. The minimum Gasteiger partial charge on any atom is -0.493 e. The van der Waals surface area contributed by atoms with E-state index in [4.69, 9.17) is 40.0 Å². The Morgan fingerprint density at radius 3 is 1.49 bits per heavy atom. The zero-order valence-electron chi connectivity index (χ0n) is 41.6. The average Bonchev–Trinajstić information content (AvgIpc) is 3.32. The molecule has 2 amide bonds. The summed E-state index contributed by atoms with van der Waals surface area (Å²) >= 11 is 6.05. The first-order valence-electron chi connectivity index (χ1n) is 24.1. The molecule has 4 saturated heterocycles. The lowest BCUT2D eigenvalue weighted by atomic mass is 9.79. The number of amides is 2. The van der Waals surface area contributed by atoms with E-state index >= 15 is 0 Å². The highest BCUT2D eigenvalue weighted by molar-refractivity contribution is 6.35. The maximum Gasteiger partial charge on any atom is 0.410 e. The van der Waals surface area contributed by atoms with Crippen molar-refractivity contribution in [3.8, 4) is 23.0 Å². The van der Waals surface area contributed by atoms with Gasteiger partial charge in [0, 0.05) is 80.3 Å². The van der Waals surface area contributed by atoms with Crippen LogP contribution in [-0.2, 0) is 9.47 Å². The number of ether oxygens (including phenoxy) is 6. The highest BCUT2D eigenvalue weighted by atomic mass is 35.5. The first kappa shape index (κ1) is 51.4. The van der Waals surface area contributed by atoms with Gasteiger partial charge in [0.25, 0.3) is 0 Å². The van der Waals surface area contributed by atoms with E-state index in [1.807, 2.05) is 75.7 Å². The first-order valence-corrected chi connectivity index (χ1v) is 24.5. The fourth-order valence-electron chi connectivity index (χ4n) is 9.87. The van der Waals surface area contributed by atoms with Crippen molar-refractivity contribution in [1.29, 1.82) is 0 Å². The van der Waals surface area contributed by atoms with Crippen LogP contribution in [0.5, 0.6) is 23.0 Å². The van der Waals surface area contributed by atoms with Crippen molar-refractivity contribution in [1.82, 2.24) is 25.1 Å². The van der Waals surface area contributed by atoms with Gasteiger partial charge in [0.2, 0.25) is 0 Å². The molecule has 8 rings (SSSR count). The first-order chi connectivity index (χ1) is 32.0. The van der Waals surface area contributed by atoms with Crippen molar-refractivity contribution in [2.45, 2.75) is 104 Å². The zero-order valence-corrected chi connectivity index (χ0v) is 42.4. The normalized spacial score (nSPS) is 19.7. The highest BCUT2D eigenvalue weighted by Gasteiger charge is 2.35. The Hall–Kier alpha value is -4.95. The number of nitrogens with zero attached hydrogens (tertiary/aromatic N) is 5. The lowest BCUT2D eigenvalue weighted by Crippen LogP contribution is -2.46. The van der Waals surface area contributed by atoms with Gasteiger partial charge in [-0.05, 0) is 154 Å². The second-order valence-electron chi connectivity index (χ2n) is 20.1. The Kier molecular flexibility index (Phi) is 17.9. The Balaban J connectivity index is 0.000000183. The number of carbonyl (C=O) groups excluding carboxylic acids is 2. The third-order valence-electron chi connectivity index (χ3n) is 13.2. The topological polar surface area (TPSA) is 137 Å². The number of anilines is 1. The van der Waals surface area contributed by atoms with Crippen LogP contribution >= 0.6 is 11.6 Å². The molecule has 4 fully saturated rings. The molecule has 0 radical (unpaired) electrons. The Morgan fingerprint density at radius 1 is 0.582 bits per heavy atom. The molecular weight excluding hydrogens is 872 g/mol. The standard InChI is InChI=1S/C26H37N3O4.C15H28N2O2.C11H10ClNO2/c1-26(2,3)33-25(30)29-12-6-7-19(17-29)18-9-13-28(14-10-18)22-8-11-27-21-16-24(32-5)23(31-4)15-20(21)22;1-15(2,3)19-14(18)17-10-4-5-13(11-17)12-6-8-16-9-7-12;1-14-10-5-7-8(12)3-4-13-9(7)6-11(10)15-2/h8,11,15-16,18-19H,6-7,9-10,12-14,17H2,1-5H3;12-13,16H,4-11H2,1-3H3;3-6H,1-2H3. The van der Waals surface area contributed by atoms with E-state index in [2.05, 4.69) is 26.3 Å². The predicted octanol–water partition coefficient (Wildman–Crippen LogP) is 10.7. The molecule has 15 heteroatoms. The van der Waals surface area contributed by atoms with E-state index in [0.717, 1.165) is 112 Å². The van der Waals surface area contributed by atoms with Crippen LogP contribution in [0.4, 0.5) is 15.3 Å². The van der Waals surface area contributed by atoms with E-state index in [1.54, 1.807) is 46.8 Å². The fraction of sp³-hybridized carbons (Fsp3) is 0.615. The summed E-state index contributed by atoms with van der Waals surface area (Å²) in [6.07, 6.45) is 12.6. The van der Waals surface area contributed by atoms with Crippen LogP contribution in [-0.4, -0.2) is 124 Å². The lowest BCUT2D eigenvalue weighted by molar-refractivity contribution is 0.0109. The number of methoxy groups -OCH3 is 4. The molecule has 2 atom stereocenters. The number of carbonyl (C=O) groups is 2. The minimum absolute atomic E-state index is 0.133. The van der Waals surface area contributed by atoms with Crippen LogP contribution in [0.1, 0.15) is 92.9 Å². The summed E-state index contributed by atoms with van der Waals surface area (Å²) in [7, 11) is 6.49. The number of aromatic nitrogens is 2. The molecule has 0 spiro atoms. The number of halogens is 1. The van der Waals surface area contributed by atoms with Crippen molar-refractivity contribution < 1.29 is 38.0 Å². The van der Waals surface area contributed by atoms with E-state index in [1.165, 1.54) is 31.4 Å². The number of rotatable bonds is 7. The van der Waals surface area contributed by atoms with Crippen molar-refractivity contribution in [3.05, 3.63) is 53.8 Å². The summed E-state index contributed by atoms with van der Waals surface area (Å²) in [6, 6.07) is 11.4. The highest BCUT2D eigenvalue weighted by Crippen LogP contribution is 2.39. The molecule has 0 aliphatic carbocycles. The van der Waals surface area contributed by atoms with Crippen LogP contribution < -0.4 is 29.2 Å². The van der Waals surface area contributed by atoms with Gasteiger partial charge in [0.05, 0.1) is 44.5 Å². The zero-order chi connectivity index (χ0) is 48.3. The molecule has 4 aliphatic heterocycles. The molecule has 1 N–H and O–H groups in total. The third kappa shape index (κ3) is 14.1. The van der Waals surface area contributed by atoms with E-state index in [0.29, 0.717) is 40.0 Å². The monoisotopic (exact) mass is 947 g/mol. The van der Waals surface area contributed by atoms with Crippen molar-refractivity contribution in [2.24, 2.45) is 23.7 Å². The molecule has 14 nitrogen and oxygen atoms in total. The van der Waals surface area contributed by atoms with E-state index < -0.39 is 11.2 Å². The number of benzene rings is 2. The second kappa shape index (κ2) is 23.4. The summed E-state index contributed by atoms with van der Waals surface area (Å²) in [5.41, 5.74) is 2.06. The number of piperidine rings is 4. The van der Waals surface area contributed by atoms with Gasteiger partial charge in [-0.15, -0.1) is 0 Å². The summed E-state index contributed by atoms with van der Waals surface area (Å²) in [5, 5.41) is 6.01. The Morgan fingerprint density at radius 2 is 1.01 bits per heavy atom. The van der Waals surface area contributed by atoms with Crippen LogP contribution in [0.2, 0.25) is 5.02 Å². The SMILES string of the molecule is CC(C)(C)OC(=O)N1CCCC(C2CCNCC2)C1.COc1cc2nccc(Cl)c2cc1OC.COc1cc2nccc(N3CCC(C4CCCN(C(=O)OC(C)(C)C)C4)CC3)c2cc1OC. The smallest absolute Gasteiger partial charge is 0.410 e. The molecule has 0 bridgehead atoms. The number of pyridine rings is 2.